The fourth-order valence-corrected chi connectivity index (χ4v) is 17.6. The Hall–Kier alpha value is -10.7. The Balaban J connectivity index is 0.000000176. The van der Waals surface area contributed by atoms with Crippen LogP contribution in [0.25, 0.3) is 61.8 Å². The van der Waals surface area contributed by atoms with E-state index in [9.17, 15) is 54.2 Å². The number of carbonyl (C=O) groups excluding carboxylic acids is 2. The molecule has 2 aliphatic rings. The molecule has 2 saturated carbocycles. The molecule has 0 aliphatic heterocycles. The highest BCUT2D eigenvalue weighted by Crippen LogP contribution is 2.56. The van der Waals surface area contributed by atoms with Gasteiger partial charge in [-0.1, -0.05) is 158 Å². The molecule has 0 saturated heterocycles. The molecule has 6 heterocycles. The molecule has 13 rings (SSSR count). The van der Waals surface area contributed by atoms with E-state index in [0.717, 1.165) is 11.3 Å². The second-order valence-electron chi connectivity index (χ2n) is 30.9. The van der Waals surface area contributed by atoms with Crippen molar-refractivity contribution < 1.29 is 87.7 Å². The predicted octanol–water partition coefficient (Wildman–Crippen LogP) is 20.9. The number of para-hydroxylation sites is 1. The van der Waals surface area contributed by atoms with Gasteiger partial charge in [0.2, 0.25) is 5.88 Å². The van der Waals surface area contributed by atoms with Crippen LogP contribution in [0.3, 0.4) is 0 Å². The van der Waals surface area contributed by atoms with Crippen molar-refractivity contribution in [3.05, 3.63) is 181 Å². The van der Waals surface area contributed by atoms with Crippen molar-refractivity contribution in [2.24, 2.45) is 0 Å². The quantitative estimate of drug-likeness (QED) is 0.0294. The second kappa shape index (κ2) is 43.2. The number of halogens is 10. The average Bonchev–Trinajstić information content (AvgIpc) is 1.03. The molecule has 5 aromatic carbocycles. The summed E-state index contributed by atoms with van der Waals surface area (Å²) < 4.78 is 144. The first-order chi connectivity index (χ1) is 57.4. The molecule has 5 N–H and O–H groups in total. The Morgan fingerprint density at radius 1 is 0.496 bits per heavy atom. The van der Waals surface area contributed by atoms with Crippen molar-refractivity contribution in [1.82, 2.24) is 54.4 Å². The van der Waals surface area contributed by atoms with Gasteiger partial charge in [0.25, 0.3) is 0 Å². The number of benzene rings is 5. The average molecular weight is 1730 g/mol. The highest BCUT2D eigenvalue weighted by Gasteiger charge is 2.36. The summed E-state index contributed by atoms with van der Waals surface area (Å²) in [5.74, 6) is -0.182. The summed E-state index contributed by atoms with van der Waals surface area (Å²) in [6.07, 6.45) is 5.80. The number of nitrogens with zero attached hydrogens (tertiary/aromatic N) is 10. The predicted molar refractivity (Wildman–Crippen MR) is 451 cm³/mol. The summed E-state index contributed by atoms with van der Waals surface area (Å²) >= 11 is 5.82. The number of alkyl carbamates (subject to hydrolysis) is 2. The maximum absolute atomic E-state index is 12.6. The van der Waals surface area contributed by atoms with Crippen molar-refractivity contribution in [2.45, 2.75) is 206 Å². The van der Waals surface area contributed by atoms with Crippen LogP contribution in [0, 0.1) is 0 Å². The van der Waals surface area contributed by atoms with Gasteiger partial charge in [0.1, 0.15) is 46.0 Å². The summed E-state index contributed by atoms with van der Waals surface area (Å²) in [4.78, 5) is 38.0. The largest absolute Gasteiger partial charge is 0.573 e. The lowest BCUT2D eigenvalue weighted by atomic mass is 9.99. The number of aliphatic hydroxyl groups excluding tert-OH is 2. The molecule has 2 fully saturated rings. The molecule has 0 unspecified atom stereocenters. The van der Waals surface area contributed by atoms with Gasteiger partial charge >= 0.3 is 31.3 Å². The van der Waals surface area contributed by atoms with Gasteiger partial charge in [0.15, 0.2) is 16.9 Å². The topological polar surface area (TPSA) is 260 Å². The number of carbonyl (C=O) groups is 2. The summed E-state index contributed by atoms with van der Waals surface area (Å²) in [7, 11) is 4.26. The van der Waals surface area contributed by atoms with E-state index in [1.54, 1.807) is 101 Å². The van der Waals surface area contributed by atoms with E-state index in [2.05, 4.69) is 128 Å². The maximum Gasteiger partial charge on any atom is 0.573 e. The lowest BCUT2D eigenvalue weighted by molar-refractivity contribution is -0.275. The highest BCUT2D eigenvalue weighted by atomic mass is 35.5. The van der Waals surface area contributed by atoms with Crippen molar-refractivity contribution in [2.75, 3.05) is 44.1 Å². The molecule has 652 valence electrons. The van der Waals surface area contributed by atoms with Crippen LogP contribution in [0.2, 0.25) is 5.15 Å². The Labute approximate surface area is 703 Å². The van der Waals surface area contributed by atoms with E-state index in [-0.39, 0.29) is 74.1 Å². The Morgan fingerprint density at radius 2 is 0.901 bits per heavy atom. The van der Waals surface area contributed by atoms with Crippen LogP contribution in [0.15, 0.2) is 176 Å². The van der Waals surface area contributed by atoms with E-state index in [0.29, 0.717) is 75.8 Å². The minimum atomic E-state index is -4.79. The molecule has 0 spiro atoms. The first kappa shape index (κ1) is 94.2. The number of aromatic nitrogens is 9. The molecule has 3 atom stereocenters. The summed E-state index contributed by atoms with van der Waals surface area (Å²) in [5.41, 5.74) is 9.53. The van der Waals surface area contributed by atoms with Gasteiger partial charge in [-0.15, -0.1) is 49.7 Å². The van der Waals surface area contributed by atoms with Gasteiger partial charge in [-0.05, 0) is 181 Å². The van der Waals surface area contributed by atoms with Crippen molar-refractivity contribution in [3.8, 4) is 68.0 Å². The molecule has 2 amide bonds. The third-order valence-electron chi connectivity index (χ3n) is 19.1. The summed E-state index contributed by atoms with van der Waals surface area (Å²) in [5, 5.41) is 41.3. The van der Waals surface area contributed by atoms with E-state index >= 15 is 0 Å². The van der Waals surface area contributed by atoms with Gasteiger partial charge in [-0.2, -0.15) is 5.10 Å². The van der Waals surface area contributed by atoms with E-state index in [1.165, 1.54) is 168 Å². The molecule has 34 heteroatoms. The number of hydrogen-bond acceptors (Lipinski definition) is 18. The lowest BCUT2D eigenvalue weighted by Crippen LogP contribution is -2.41. The number of amides is 2. The van der Waals surface area contributed by atoms with Gasteiger partial charge < -0.3 is 59.5 Å². The van der Waals surface area contributed by atoms with Crippen LogP contribution < -0.4 is 45.1 Å². The number of imidazole rings is 3. The number of rotatable bonds is 23. The third kappa shape index (κ3) is 29.3. The zero-order valence-corrected chi connectivity index (χ0v) is 71.0. The SMILES string of the molecule is CC[C@@H](CO)NC(=O)OC(C)(C)C.CC[C@@H](CO)Nc1ccc2ncc(-c3cccc(OC(F)(F)F)c3)n2n1.CC[C@@H](COc1ccc2ncc(-c3cccc(OC(F)(F)F)c3)n2n1)NC(=O)OC(C)(C)C.CN(C)c1ccccc1-c1ccccc1P(C1CCCCC1)C1CCCCC1.FC(F)(F)Oc1cccc(-c2cnc3ccc(Cl)nn23)c1. The first-order valence-electron chi connectivity index (χ1n) is 39.9. The molecular weight excluding hydrogens is 1620 g/mol. The van der Waals surface area contributed by atoms with Crippen LogP contribution in [0.5, 0.6) is 23.1 Å². The standard InChI is InChI=1S/C26H36NP.C22H25F3N4O4.C17H17F3N4O2.C13H7ClF3N3O.C9H19NO3/c1-27(2)25-19-11-9-17-23(25)24-18-10-12-20-26(24)28(21-13-5-3-6-14-21)22-15-7-4-8-16-22;1-5-15(27-20(30)33-21(2,3)4)13-31-19-10-9-18-26-12-17(29(18)28-19)14-7-6-8-16(11-14)32-22(23,24)25;1-2-12(10-25)22-15-6-7-16-21-9-14(24(16)23-15)11-4-3-5-13(8-11)26-17(18,19)20;14-11-4-5-12-18-7-10(20(12)19-11)8-2-1-3-9(6-8)21-13(15,16)17;1-5-7(6-11)10-8(12)13-9(2,3)4/h9-12,17-22H,3-8,13-16H2,1-2H3;6-12,15H,5,13H2,1-4H3,(H,27,30);3-9,12,25H,2,10H2,1H3,(H,22,23);1-7H;7,11H,5-6H2,1-4H3,(H,10,12)/t;15-;12-;;7-/m.00.0/s1. The van der Waals surface area contributed by atoms with Gasteiger partial charge in [-0.25, -0.2) is 38.1 Å². The normalized spacial score (nSPS) is 14.2. The number of ether oxygens (including phenoxy) is 6. The molecule has 6 aromatic heterocycles. The number of hydrogen-bond donors (Lipinski definition) is 5. The van der Waals surface area contributed by atoms with Crippen molar-refractivity contribution in [1.29, 1.82) is 0 Å². The molecule has 2 aliphatic carbocycles. The molecule has 121 heavy (non-hydrogen) atoms. The van der Waals surface area contributed by atoms with Crippen LogP contribution in [-0.2, 0) is 9.47 Å². The summed E-state index contributed by atoms with van der Waals surface area (Å²) in [6.45, 7) is 16.5. The molecule has 0 radical (unpaired) electrons. The zero-order valence-electron chi connectivity index (χ0n) is 69.3. The van der Waals surface area contributed by atoms with Gasteiger partial charge in [-0.3, -0.25) is 0 Å². The second-order valence-corrected chi connectivity index (χ2v) is 34.0. The molecule has 23 nitrogen and oxygen atoms in total. The van der Waals surface area contributed by atoms with Crippen LogP contribution in [0.4, 0.5) is 60.6 Å². The first-order valence-corrected chi connectivity index (χ1v) is 41.8. The Bertz CT molecular complexity index is 5100. The van der Waals surface area contributed by atoms with E-state index in [1.807, 2.05) is 20.8 Å². The summed E-state index contributed by atoms with van der Waals surface area (Å²) in [6, 6.07) is 44.5. The van der Waals surface area contributed by atoms with Crippen LogP contribution >= 0.6 is 19.5 Å². The number of anilines is 2. The number of alkyl halides is 9. The zero-order chi connectivity index (χ0) is 87.8. The smallest absolute Gasteiger partial charge is 0.474 e. The fraction of sp³-hybridized carbons (Fsp3) is 0.425. The van der Waals surface area contributed by atoms with E-state index in [4.69, 9.17) is 30.9 Å². The highest BCUT2D eigenvalue weighted by molar-refractivity contribution is 7.67. The number of aliphatic hydroxyl groups is 2. The lowest BCUT2D eigenvalue weighted by Gasteiger charge is -2.39. The minimum Gasteiger partial charge on any atom is -0.474 e. The number of nitrogens with one attached hydrogen (secondary N) is 3. The molecule has 0 bridgehead atoms. The van der Waals surface area contributed by atoms with Gasteiger partial charge in [0.05, 0.1) is 67.0 Å². The van der Waals surface area contributed by atoms with Crippen LogP contribution in [-0.4, -0.2) is 160 Å². The Morgan fingerprint density at radius 3 is 1.33 bits per heavy atom. The molecular formula is C87H104ClF9N13O10P. The van der Waals surface area contributed by atoms with Crippen LogP contribution in [0.1, 0.15) is 146 Å². The van der Waals surface area contributed by atoms with Crippen molar-refractivity contribution >= 4 is 65.5 Å². The maximum atomic E-state index is 12.6. The van der Waals surface area contributed by atoms with Crippen molar-refractivity contribution in [3.63, 3.8) is 0 Å². The fourth-order valence-electron chi connectivity index (χ4n) is 13.5. The molecule has 11 aromatic rings. The monoisotopic (exact) mass is 1730 g/mol. The Kier molecular flexibility index (Phi) is 33.6. The third-order valence-corrected chi connectivity index (χ3v) is 22.8. The number of fused-ring (bicyclic) bond motifs is 3. The minimum absolute atomic E-state index is 0.0379. The van der Waals surface area contributed by atoms with E-state index < -0.39 is 42.5 Å². The van der Waals surface area contributed by atoms with Gasteiger partial charge in [0, 0.05) is 48.1 Å².